The third-order valence-corrected chi connectivity index (χ3v) is 2.32. The van der Waals surface area contributed by atoms with Crippen LogP contribution in [0.25, 0.3) is 0 Å². The first-order chi connectivity index (χ1) is 7.63. The molecule has 0 saturated heterocycles. The van der Waals surface area contributed by atoms with E-state index < -0.39 is 0 Å². The zero-order valence-corrected chi connectivity index (χ0v) is 9.66. The van der Waals surface area contributed by atoms with Crippen LogP contribution in [-0.2, 0) is 9.53 Å². The molecule has 0 heterocycles. The molecule has 0 amide bonds. The Bertz CT molecular complexity index is 365. The average molecular weight is 220 g/mol. The van der Waals surface area contributed by atoms with Gasteiger partial charge in [-0.15, -0.1) is 0 Å². The van der Waals surface area contributed by atoms with E-state index in [1.807, 2.05) is 19.1 Å². The van der Waals surface area contributed by atoms with Crippen molar-refractivity contribution in [1.82, 2.24) is 0 Å². The summed E-state index contributed by atoms with van der Waals surface area (Å²) in [5.41, 5.74) is 1.69. The molecule has 16 heavy (non-hydrogen) atoms. The van der Waals surface area contributed by atoms with Crippen LogP contribution in [0.5, 0.6) is 0 Å². The van der Waals surface area contributed by atoms with Crippen molar-refractivity contribution in [2.45, 2.75) is 19.8 Å². The van der Waals surface area contributed by atoms with E-state index in [4.69, 9.17) is 4.74 Å². The van der Waals surface area contributed by atoms with Gasteiger partial charge in [0.15, 0.2) is 5.78 Å². The molecule has 0 radical (unpaired) electrons. The lowest BCUT2D eigenvalue weighted by Crippen LogP contribution is -2.10. The summed E-state index contributed by atoms with van der Waals surface area (Å²) in [5.74, 6) is -0.200. The molecule has 0 aliphatic carbocycles. The molecule has 1 aromatic carbocycles. The normalized spacial score (nSPS) is 10.1. The van der Waals surface area contributed by atoms with Gasteiger partial charge in [-0.1, -0.05) is 29.8 Å². The maximum absolute atomic E-state index is 11.7. The zero-order chi connectivity index (χ0) is 12.0. The van der Waals surface area contributed by atoms with E-state index >= 15 is 0 Å². The number of methoxy groups -OCH3 is 1. The van der Waals surface area contributed by atoms with Crippen LogP contribution >= 0.6 is 0 Å². The van der Waals surface area contributed by atoms with Crippen LogP contribution in [0.4, 0.5) is 0 Å². The molecule has 1 aromatic rings. The Labute approximate surface area is 95.4 Å². The molecule has 0 unspecified atom stereocenters. The van der Waals surface area contributed by atoms with Crippen LogP contribution in [0, 0.1) is 6.92 Å². The highest BCUT2D eigenvalue weighted by atomic mass is 16.5. The van der Waals surface area contributed by atoms with Crippen molar-refractivity contribution in [3.63, 3.8) is 0 Å². The molecule has 0 aliphatic rings. The highest BCUT2D eigenvalue weighted by molar-refractivity contribution is 6.07. The Morgan fingerprint density at radius 2 is 1.81 bits per heavy atom. The number of aryl methyl sites for hydroxylation is 1. The molecular weight excluding hydrogens is 204 g/mol. The molecule has 3 nitrogen and oxygen atoms in total. The van der Waals surface area contributed by atoms with E-state index in [2.05, 4.69) is 0 Å². The second-order valence-corrected chi connectivity index (χ2v) is 3.75. The monoisotopic (exact) mass is 220 g/mol. The van der Waals surface area contributed by atoms with Gasteiger partial charge in [-0.2, -0.15) is 0 Å². The van der Waals surface area contributed by atoms with E-state index in [-0.39, 0.29) is 18.0 Å². The second-order valence-electron chi connectivity index (χ2n) is 3.75. The summed E-state index contributed by atoms with van der Waals surface area (Å²) in [5, 5.41) is 0. The fraction of sp³-hybridized carbons (Fsp3) is 0.385. The quantitative estimate of drug-likeness (QED) is 0.545. The van der Waals surface area contributed by atoms with E-state index in [9.17, 15) is 9.59 Å². The number of Topliss-reactive ketones (excluding diaryl/α,β-unsaturated/α-hetero) is 2. The van der Waals surface area contributed by atoms with Gasteiger partial charge in [0.25, 0.3) is 0 Å². The van der Waals surface area contributed by atoms with Crippen LogP contribution in [-0.4, -0.2) is 25.3 Å². The molecule has 0 aliphatic heterocycles. The van der Waals surface area contributed by atoms with Gasteiger partial charge in [-0.3, -0.25) is 9.59 Å². The zero-order valence-electron chi connectivity index (χ0n) is 9.66. The SMILES string of the molecule is COCCC(=O)CC(=O)c1ccc(C)cc1. The smallest absolute Gasteiger partial charge is 0.170 e. The fourth-order valence-corrected chi connectivity index (χ4v) is 1.32. The Kier molecular flexibility index (Phi) is 4.86. The number of hydrogen-bond donors (Lipinski definition) is 0. The maximum atomic E-state index is 11.7. The second kappa shape index (κ2) is 6.18. The lowest BCUT2D eigenvalue weighted by Gasteiger charge is -2.01. The largest absolute Gasteiger partial charge is 0.384 e. The molecular formula is C13H16O3. The molecule has 0 bridgehead atoms. The molecule has 0 spiro atoms. The molecule has 3 heteroatoms. The number of rotatable bonds is 6. The summed E-state index contributed by atoms with van der Waals surface area (Å²) in [7, 11) is 1.54. The molecule has 0 fully saturated rings. The van der Waals surface area contributed by atoms with Crippen molar-refractivity contribution < 1.29 is 14.3 Å². The summed E-state index contributed by atoms with van der Waals surface area (Å²) >= 11 is 0. The Morgan fingerprint density at radius 3 is 2.38 bits per heavy atom. The molecule has 1 rings (SSSR count). The Hall–Kier alpha value is -1.48. The Balaban J connectivity index is 2.52. The molecule has 86 valence electrons. The van der Waals surface area contributed by atoms with Crippen molar-refractivity contribution in [3.05, 3.63) is 35.4 Å². The third-order valence-electron chi connectivity index (χ3n) is 2.32. The van der Waals surface area contributed by atoms with E-state index in [0.29, 0.717) is 18.6 Å². The molecule has 0 atom stereocenters. The molecule has 0 aromatic heterocycles. The highest BCUT2D eigenvalue weighted by Gasteiger charge is 2.11. The van der Waals surface area contributed by atoms with Gasteiger partial charge in [0.1, 0.15) is 5.78 Å². The maximum Gasteiger partial charge on any atom is 0.170 e. The minimum atomic E-state index is -0.124. The highest BCUT2D eigenvalue weighted by Crippen LogP contribution is 2.07. The number of carbonyl (C=O) groups excluding carboxylic acids is 2. The van der Waals surface area contributed by atoms with Gasteiger partial charge in [-0.25, -0.2) is 0 Å². The van der Waals surface area contributed by atoms with E-state index in [1.165, 1.54) is 7.11 Å². The minimum absolute atomic E-state index is 0.0353. The lowest BCUT2D eigenvalue weighted by atomic mass is 10.0. The first-order valence-electron chi connectivity index (χ1n) is 5.24. The topological polar surface area (TPSA) is 43.4 Å². The van der Waals surface area contributed by atoms with E-state index in [1.54, 1.807) is 12.1 Å². The predicted molar refractivity (Wildman–Crippen MR) is 61.6 cm³/mol. The van der Waals surface area contributed by atoms with Crippen LogP contribution in [0.2, 0.25) is 0 Å². The van der Waals surface area contributed by atoms with Crippen LogP contribution in [0.1, 0.15) is 28.8 Å². The van der Waals surface area contributed by atoms with Gasteiger partial charge in [0.2, 0.25) is 0 Å². The van der Waals surface area contributed by atoms with Crippen molar-refractivity contribution in [3.8, 4) is 0 Å². The van der Waals surface area contributed by atoms with Crippen LogP contribution in [0.15, 0.2) is 24.3 Å². The number of ether oxygens (including phenoxy) is 1. The summed E-state index contributed by atoms with van der Waals surface area (Å²) in [6.07, 6.45) is 0.264. The first kappa shape index (κ1) is 12.6. The Morgan fingerprint density at radius 1 is 1.19 bits per heavy atom. The average Bonchev–Trinajstić information content (AvgIpc) is 2.27. The van der Waals surface area contributed by atoms with Crippen molar-refractivity contribution in [1.29, 1.82) is 0 Å². The standard InChI is InChI=1S/C13H16O3/c1-10-3-5-11(6-4-10)13(15)9-12(14)7-8-16-2/h3-6H,7-9H2,1-2H3. The fourth-order valence-electron chi connectivity index (χ4n) is 1.32. The number of carbonyl (C=O) groups is 2. The molecule has 0 saturated carbocycles. The van der Waals surface area contributed by atoms with Gasteiger partial charge >= 0.3 is 0 Å². The van der Waals surface area contributed by atoms with Gasteiger partial charge in [-0.05, 0) is 6.92 Å². The first-order valence-corrected chi connectivity index (χ1v) is 5.24. The van der Waals surface area contributed by atoms with Crippen molar-refractivity contribution in [2.24, 2.45) is 0 Å². The minimum Gasteiger partial charge on any atom is -0.384 e. The van der Waals surface area contributed by atoms with Crippen molar-refractivity contribution in [2.75, 3.05) is 13.7 Å². The molecule has 0 N–H and O–H groups in total. The van der Waals surface area contributed by atoms with E-state index in [0.717, 1.165) is 5.56 Å². The summed E-state index contributed by atoms with van der Waals surface area (Å²) in [4.78, 5) is 23.0. The predicted octanol–water partition coefficient (Wildman–Crippen LogP) is 2.17. The summed E-state index contributed by atoms with van der Waals surface area (Å²) in [6, 6.07) is 7.24. The van der Waals surface area contributed by atoms with Gasteiger partial charge in [0, 0.05) is 19.1 Å². The third kappa shape index (κ3) is 3.95. The number of ketones is 2. The summed E-state index contributed by atoms with van der Waals surface area (Å²) in [6.45, 7) is 2.33. The van der Waals surface area contributed by atoms with Gasteiger partial charge < -0.3 is 4.74 Å². The van der Waals surface area contributed by atoms with Crippen LogP contribution < -0.4 is 0 Å². The van der Waals surface area contributed by atoms with Crippen LogP contribution in [0.3, 0.4) is 0 Å². The van der Waals surface area contributed by atoms with Gasteiger partial charge in [0.05, 0.1) is 13.0 Å². The summed E-state index contributed by atoms with van der Waals surface area (Å²) < 4.78 is 4.78. The lowest BCUT2D eigenvalue weighted by molar-refractivity contribution is -0.119. The number of benzene rings is 1. The number of hydrogen-bond acceptors (Lipinski definition) is 3. The van der Waals surface area contributed by atoms with Crippen molar-refractivity contribution >= 4 is 11.6 Å².